The molecule has 0 bridgehead atoms. The third-order valence-corrected chi connectivity index (χ3v) is 7.05. The van der Waals surface area contributed by atoms with Crippen molar-refractivity contribution in [3.05, 3.63) is 29.3 Å². The predicted octanol–water partition coefficient (Wildman–Crippen LogP) is 5.71. The fourth-order valence-electron chi connectivity index (χ4n) is 4.47. The molecule has 1 atom stereocenters. The zero-order chi connectivity index (χ0) is 17.1. The van der Waals surface area contributed by atoms with Gasteiger partial charge in [0.25, 0.3) is 0 Å². The molecule has 2 aromatic rings. The average Bonchev–Trinajstić information content (AvgIpc) is 3.11. The summed E-state index contributed by atoms with van der Waals surface area (Å²) in [7, 11) is 0. The summed E-state index contributed by atoms with van der Waals surface area (Å²) in [5.41, 5.74) is 1.07. The van der Waals surface area contributed by atoms with Gasteiger partial charge in [-0.05, 0) is 43.7 Å². The van der Waals surface area contributed by atoms with E-state index < -0.39 is 0 Å². The van der Waals surface area contributed by atoms with Gasteiger partial charge in [0.1, 0.15) is 5.01 Å². The van der Waals surface area contributed by atoms with E-state index in [0.717, 1.165) is 48.7 Å². The number of likely N-dealkylation sites (tertiary alicyclic amines) is 1. The molecule has 2 fully saturated rings. The van der Waals surface area contributed by atoms with E-state index >= 15 is 0 Å². The van der Waals surface area contributed by atoms with Crippen molar-refractivity contribution in [1.29, 1.82) is 0 Å². The van der Waals surface area contributed by atoms with Gasteiger partial charge in [0, 0.05) is 13.0 Å². The molecule has 4 heteroatoms. The monoisotopic (exact) mass is 356 g/mol. The molecule has 1 saturated heterocycles. The number of fused-ring (bicyclic) bond motifs is 1. The summed E-state index contributed by atoms with van der Waals surface area (Å²) in [5, 5.41) is 1.13. The van der Waals surface area contributed by atoms with Gasteiger partial charge in [-0.1, -0.05) is 44.2 Å². The van der Waals surface area contributed by atoms with Crippen LogP contribution in [0.25, 0.3) is 10.2 Å². The zero-order valence-corrected chi connectivity index (χ0v) is 15.8. The molecular weight excluding hydrogens is 328 g/mol. The minimum Gasteiger partial charge on any atom is -0.333 e. The Morgan fingerprint density at radius 1 is 1.08 bits per heavy atom. The number of carbonyl (C=O) groups is 1. The number of nitrogens with zero attached hydrogens (tertiary/aromatic N) is 2. The van der Waals surface area contributed by atoms with Crippen LogP contribution in [0.15, 0.2) is 24.3 Å². The Bertz CT molecular complexity index is 687. The molecule has 1 saturated carbocycles. The van der Waals surface area contributed by atoms with Crippen LogP contribution < -0.4 is 0 Å². The van der Waals surface area contributed by atoms with Gasteiger partial charge in [-0.25, -0.2) is 4.98 Å². The van der Waals surface area contributed by atoms with E-state index in [2.05, 4.69) is 23.1 Å². The maximum atomic E-state index is 12.9. The van der Waals surface area contributed by atoms with Crippen LogP contribution in [0.3, 0.4) is 0 Å². The first-order valence-electron chi connectivity index (χ1n) is 9.96. The Kier molecular flexibility index (Phi) is 5.35. The van der Waals surface area contributed by atoms with Crippen LogP contribution in [0.2, 0.25) is 0 Å². The van der Waals surface area contributed by atoms with Crippen molar-refractivity contribution < 1.29 is 4.79 Å². The van der Waals surface area contributed by atoms with E-state index in [-0.39, 0.29) is 6.04 Å². The molecule has 2 heterocycles. The lowest BCUT2D eigenvalue weighted by molar-refractivity contribution is -0.135. The van der Waals surface area contributed by atoms with Crippen LogP contribution in [0.4, 0.5) is 0 Å². The van der Waals surface area contributed by atoms with Crippen molar-refractivity contribution in [2.24, 2.45) is 5.92 Å². The second-order valence-corrected chi connectivity index (χ2v) is 8.72. The molecule has 1 aromatic heterocycles. The molecule has 1 aliphatic heterocycles. The van der Waals surface area contributed by atoms with E-state index in [9.17, 15) is 4.79 Å². The average molecular weight is 357 g/mol. The molecule has 0 spiro atoms. The molecule has 1 aliphatic carbocycles. The topological polar surface area (TPSA) is 33.2 Å². The molecule has 3 nitrogen and oxygen atoms in total. The van der Waals surface area contributed by atoms with Gasteiger partial charge in [-0.2, -0.15) is 0 Å². The molecule has 25 heavy (non-hydrogen) atoms. The van der Waals surface area contributed by atoms with Crippen molar-refractivity contribution in [3.63, 3.8) is 0 Å². The van der Waals surface area contributed by atoms with Gasteiger partial charge in [-0.3, -0.25) is 4.79 Å². The Morgan fingerprint density at radius 3 is 2.72 bits per heavy atom. The summed E-state index contributed by atoms with van der Waals surface area (Å²) in [6, 6.07) is 8.52. The number of aromatic nitrogens is 1. The van der Waals surface area contributed by atoms with Gasteiger partial charge in [0.2, 0.25) is 5.91 Å². The summed E-state index contributed by atoms with van der Waals surface area (Å²) in [4.78, 5) is 19.9. The van der Waals surface area contributed by atoms with Crippen LogP contribution in [-0.4, -0.2) is 22.3 Å². The van der Waals surface area contributed by atoms with Crippen molar-refractivity contribution in [2.45, 2.75) is 70.3 Å². The number of amides is 1. The van der Waals surface area contributed by atoms with Crippen LogP contribution in [0.1, 0.15) is 75.3 Å². The number of rotatable bonds is 4. The third-order valence-electron chi connectivity index (χ3n) is 5.91. The summed E-state index contributed by atoms with van der Waals surface area (Å²) in [5.74, 6) is 1.14. The van der Waals surface area contributed by atoms with Crippen molar-refractivity contribution in [1.82, 2.24) is 9.88 Å². The molecule has 4 rings (SSSR count). The first-order chi connectivity index (χ1) is 12.3. The van der Waals surface area contributed by atoms with Crippen molar-refractivity contribution in [3.8, 4) is 0 Å². The lowest BCUT2D eigenvalue weighted by Gasteiger charge is -2.35. The van der Waals surface area contributed by atoms with Gasteiger partial charge in [0.15, 0.2) is 0 Å². The maximum absolute atomic E-state index is 12.9. The van der Waals surface area contributed by atoms with E-state index in [1.165, 1.54) is 43.2 Å². The molecule has 2 aliphatic rings. The van der Waals surface area contributed by atoms with Crippen LogP contribution in [0, 0.1) is 5.92 Å². The predicted molar refractivity (Wildman–Crippen MR) is 104 cm³/mol. The van der Waals surface area contributed by atoms with Crippen molar-refractivity contribution >= 4 is 27.5 Å². The highest BCUT2D eigenvalue weighted by atomic mass is 32.1. The Hall–Kier alpha value is -1.42. The second-order valence-electron chi connectivity index (χ2n) is 7.66. The lowest BCUT2D eigenvalue weighted by Crippen LogP contribution is -2.38. The maximum Gasteiger partial charge on any atom is 0.223 e. The summed E-state index contributed by atoms with van der Waals surface area (Å²) in [6.07, 6.45) is 12.0. The number of piperidine rings is 1. The largest absolute Gasteiger partial charge is 0.333 e. The molecular formula is C21H28N2OS. The number of thiazole rings is 1. The van der Waals surface area contributed by atoms with E-state index in [0.29, 0.717) is 5.91 Å². The minimum atomic E-state index is 0.199. The van der Waals surface area contributed by atoms with E-state index in [1.54, 1.807) is 11.3 Å². The van der Waals surface area contributed by atoms with Gasteiger partial charge in [-0.15, -0.1) is 11.3 Å². The number of benzene rings is 1. The number of para-hydroxylation sites is 1. The molecule has 1 aromatic carbocycles. The smallest absolute Gasteiger partial charge is 0.223 e. The van der Waals surface area contributed by atoms with Crippen molar-refractivity contribution in [2.75, 3.05) is 6.54 Å². The minimum absolute atomic E-state index is 0.199. The number of hydrogen-bond acceptors (Lipinski definition) is 3. The highest BCUT2D eigenvalue weighted by Gasteiger charge is 2.30. The van der Waals surface area contributed by atoms with E-state index in [4.69, 9.17) is 4.98 Å². The van der Waals surface area contributed by atoms with Gasteiger partial charge < -0.3 is 4.90 Å². The summed E-state index contributed by atoms with van der Waals surface area (Å²) < 4.78 is 1.23. The van der Waals surface area contributed by atoms with Gasteiger partial charge >= 0.3 is 0 Å². The lowest BCUT2D eigenvalue weighted by atomic mass is 9.86. The molecule has 1 amide bonds. The van der Waals surface area contributed by atoms with Crippen LogP contribution in [-0.2, 0) is 4.79 Å². The first kappa shape index (κ1) is 17.0. The molecule has 0 radical (unpaired) electrons. The Balaban J connectivity index is 1.45. The quantitative estimate of drug-likeness (QED) is 0.703. The summed E-state index contributed by atoms with van der Waals surface area (Å²) >= 11 is 1.77. The third kappa shape index (κ3) is 3.89. The number of hydrogen-bond donors (Lipinski definition) is 0. The Labute approximate surface area is 154 Å². The molecule has 134 valence electrons. The highest BCUT2D eigenvalue weighted by molar-refractivity contribution is 7.18. The Morgan fingerprint density at radius 2 is 1.88 bits per heavy atom. The first-order valence-corrected chi connectivity index (χ1v) is 10.8. The fraction of sp³-hybridized carbons (Fsp3) is 0.619. The summed E-state index contributed by atoms with van der Waals surface area (Å²) in [6.45, 7) is 0.907. The zero-order valence-electron chi connectivity index (χ0n) is 15.0. The van der Waals surface area contributed by atoms with Crippen LogP contribution >= 0.6 is 11.3 Å². The number of carbonyl (C=O) groups excluding carboxylic acids is 1. The SMILES string of the molecule is O=C(CCC1CCCCC1)N1CCCCC1c1nc2ccccc2s1. The molecule has 1 unspecified atom stereocenters. The fourth-order valence-corrected chi connectivity index (χ4v) is 5.58. The standard InChI is InChI=1S/C21H28N2OS/c24-20(14-13-16-8-2-1-3-9-16)23-15-7-6-11-18(23)21-22-17-10-4-5-12-19(17)25-21/h4-5,10,12,16,18H,1-3,6-9,11,13-15H2. The molecule has 0 N–H and O–H groups in total. The second kappa shape index (κ2) is 7.86. The highest BCUT2D eigenvalue weighted by Crippen LogP contribution is 2.36. The van der Waals surface area contributed by atoms with Gasteiger partial charge in [0.05, 0.1) is 16.3 Å². The van der Waals surface area contributed by atoms with E-state index in [1.807, 2.05) is 6.07 Å². The van der Waals surface area contributed by atoms with Crippen LogP contribution in [0.5, 0.6) is 0 Å². The normalized spacial score (nSPS) is 22.4.